The Labute approximate surface area is 269 Å². The highest BCUT2D eigenvalue weighted by molar-refractivity contribution is 8.24. The van der Waals surface area contributed by atoms with Gasteiger partial charge in [0.1, 0.15) is 11.6 Å². The van der Waals surface area contributed by atoms with Gasteiger partial charge in [-0.1, -0.05) is 36.4 Å². The second-order valence-electron chi connectivity index (χ2n) is 11.1. The van der Waals surface area contributed by atoms with Crippen molar-refractivity contribution in [2.24, 2.45) is 0 Å². The standard InChI is InChI=1S/C32H36N4O8S2/c1-22-7-3-12-29(23(22)2)44-15-6-13-30(37)36-14-16-45(39,40)31-27(10-5-11-28(31)36)26-18-34-35(20-26)19-24-8-4-9-25(17-24)32(38)33-21-46(41,42)43/h3-5,7-12,17-18,20,39-40H,6,13-16,19,21H2,1-2H3,(H,33,38)(H,41,42,43). The van der Waals surface area contributed by atoms with Crippen molar-refractivity contribution in [1.29, 1.82) is 0 Å². The van der Waals surface area contributed by atoms with Gasteiger partial charge in [0.05, 0.1) is 35.7 Å². The number of rotatable bonds is 11. The quantitative estimate of drug-likeness (QED) is 0.125. The fourth-order valence-corrected chi connectivity index (χ4v) is 7.28. The van der Waals surface area contributed by atoms with Gasteiger partial charge >= 0.3 is 0 Å². The van der Waals surface area contributed by atoms with E-state index in [9.17, 15) is 27.1 Å². The minimum atomic E-state index is -4.36. The molecule has 2 amide bonds. The van der Waals surface area contributed by atoms with Crippen molar-refractivity contribution in [2.45, 2.75) is 38.1 Å². The number of fused-ring (bicyclic) bond motifs is 1. The number of carbonyl (C=O) groups is 2. The Morgan fingerprint density at radius 2 is 1.83 bits per heavy atom. The second kappa shape index (κ2) is 13.6. The zero-order valence-electron chi connectivity index (χ0n) is 25.4. The van der Waals surface area contributed by atoms with Crippen molar-refractivity contribution < 1.29 is 36.4 Å². The maximum Gasteiger partial charge on any atom is 0.283 e. The molecule has 0 radical (unpaired) electrons. The van der Waals surface area contributed by atoms with Gasteiger partial charge in [0.15, 0.2) is 0 Å². The number of benzene rings is 3. The summed E-state index contributed by atoms with van der Waals surface area (Å²) in [5, 5.41) is 6.57. The summed E-state index contributed by atoms with van der Waals surface area (Å²) in [5.74, 6) is -0.875. The third-order valence-electron chi connectivity index (χ3n) is 7.75. The van der Waals surface area contributed by atoms with Crippen molar-refractivity contribution in [1.82, 2.24) is 15.1 Å². The van der Waals surface area contributed by atoms with E-state index in [1.807, 2.05) is 32.0 Å². The van der Waals surface area contributed by atoms with E-state index in [0.29, 0.717) is 40.3 Å². The van der Waals surface area contributed by atoms with Gasteiger partial charge in [-0.15, -0.1) is 0 Å². The van der Waals surface area contributed by atoms with E-state index >= 15 is 0 Å². The maximum atomic E-state index is 13.4. The first kappa shape index (κ1) is 33.2. The van der Waals surface area contributed by atoms with Crippen molar-refractivity contribution in [3.05, 3.63) is 95.3 Å². The van der Waals surface area contributed by atoms with Crippen LogP contribution in [0, 0.1) is 13.8 Å². The van der Waals surface area contributed by atoms with E-state index < -0.39 is 32.5 Å². The molecule has 1 aliphatic rings. The molecule has 14 heteroatoms. The van der Waals surface area contributed by atoms with Gasteiger partial charge in [0, 0.05) is 35.9 Å². The summed E-state index contributed by atoms with van der Waals surface area (Å²) < 4.78 is 60.6. The number of nitrogens with zero attached hydrogens (tertiary/aromatic N) is 3. The van der Waals surface area contributed by atoms with Crippen LogP contribution >= 0.6 is 10.6 Å². The molecule has 12 nitrogen and oxygen atoms in total. The Bertz CT molecular complexity index is 1870. The molecule has 0 unspecified atom stereocenters. The normalized spacial score (nSPS) is 14.8. The van der Waals surface area contributed by atoms with Crippen LogP contribution in [0.2, 0.25) is 0 Å². The molecule has 5 rings (SSSR count). The molecule has 0 atom stereocenters. The molecular formula is C32H36N4O8S2. The van der Waals surface area contributed by atoms with Crippen molar-refractivity contribution >= 4 is 38.2 Å². The Morgan fingerprint density at radius 3 is 2.61 bits per heavy atom. The third kappa shape index (κ3) is 7.77. The van der Waals surface area contributed by atoms with E-state index in [-0.39, 0.29) is 36.7 Å². The van der Waals surface area contributed by atoms with Crippen molar-refractivity contribution in [2.75, 3.05) is 29.7 Å². The Hall–Kier alpha value is -4.21. The molecule has 1 aromatic heterocycles. The summed E-state index contributed by atoms with van der Waals surface area (Å²) in [6.07, 6.45) is 4.07. The second-order valence-corrected chi connectivity index (χ2v) is 14.7. The Morgan fingerprint density at radius 1 is 1.07 bits per heavy atom. The minimum absolute atomic E-state index is 0.0162. The van der Waals surface area contributed by atoms with E-state index in [1.165, 1.54) is 6.07 Å². The average Bonchev–Trinajstić information content (AvgIpc) is 3.47. The SMILES string of the molecule is Cc1cccc(OCCCC(=O)N2CCS(O)(O)c3c(-c4cnn(Cc5cccc(C(=O)NCS(=O)(=O)O)c5)c4)cccc32)c1C. The highest BCUT2D eigenvalue weighted by Gasteiger charge is 2.34. The number of ether oxygens (including phenoxy) is 1. The largest absolute Gasteiger partial charge is 0.493 e. The zero-order chi connectivity index (χ0) is 33.1. The van der Waals surface area contributed by atoms with Crippen LogP contribution in [0.5, 0.6) is 5.75 Å². The number of anilines is 1. The Kier molecular flexibility index (Phi) is 9.84. The van der Waals surface area contributed by atoms with Gasteiger partial charge in [-0.3, -0.25) is 27.9 Å². The summed E-state index contributed by atoms with van der Waals surface area (Å²) in [6.45, 7) is 4.84. The number of hydrogen-bond donors (Lipinski definition) is 4. The van der Waals surface area contributed by atoms with Gasteiger partial charge < -0.3 is 15.0 Å². The predicted molar refractivity (Wildman–Crippen MR) is 176 cm³/mol. The summed E-state index contributed by atoms with van der Waals surface area (Å²) in [4.78, 5) is 27.6. The van der Waals surface area contributed by atoms with Crippen LogP contribution < -0.4 is 15.0 Å². The molecule has 4 N–H and O–H groups in total. The fraction of sp³-hybridized carbons (Fsp3) is 0.281. The highest BCUT2D eigenvalue weighted by atomic mass is 32.3. The number of hydrogen-bond acceptors (Lipinski definition) is 8. The highest BCUT2D eigenvalue weighted by Crippen LogP contribution is 2.58. The lowest BCUT2D eigenvalue weighted by atomic mass is 10.1. The average molecular weight is 669 g/mol. The summed E-state index contributed by atoms with van der Waals surface area (Å²) in [5.41, 5.74) is 4.74. The fourth-order valence-electron chi connectivity index (χ4n) is 5.28. The molecule has 3 aromatic carbocycles. The lowest BCUT2D eigenvalue weighted by Gasteiger charge is -2.43. The van der Waals surface area contributed by atoms with E-state index in [0.717, 1.165) is 16.9 Å². The molecule has 0 saturated heterocycles. The minimum Gasteiger partial charge on any atom is -0.493 e. The molecule has 0 bridgehead atoms. The van der Waals surface area contributed by atoms with Crippen LogP contribution in [0.25, 0.3) is 11.1 Å². The third-order valence-corrected chi connectivity index (χ3v) is 10.1. The van der Waals surface area contributed by atoms with E-state index in [4.69, 9.17) is 9.29 Å². The first-order valence-electron chi connectivity index (χ1n) is 14.6. The van der Waals surface area contributed by atoms with E-state index in [1.54, 1.807) is 58.4 Å². The van der Waals surface area contributed by atoms with Crippen LogP contribution in [-0.4, -0.2) is 68.5 Å². The molecular weight excluding hydrogens is 633 g/mol. The molecule has 0 saturated carbocycles. The van der Waals surface area contributed by atoms with Crippen LogP contribution in [0.15, 0.2) is 78.0 Å². The van der Waals surface area contributed by atoms with Gasteiger partial charge in [0.25, 0.3) is 16.0 Å². The topological polar surface area (TPSA) is 171 Å². The summed E-state index contributed by atoms with van der Waals surface area (Å²) >= 11 is 0. The van der Waals surface area contributed by atoms with Crippen LogP contribution in [-0.2, 0) is 21.5 Å². The summed E-state index contributed by atoms with van der Waals surface area (Å²) in [6, 6.07) is 17.6. The number of aromatic nitrogens is 2. The van der Waals surface area contributed by atoms with E-state index in [2.05, 4.69) is 10.4 Å². The first-order chi connectivity index (χ1) is 21.8. The lowest BCUT2D eigenvalue weighted by molar-refractivity contribution is -0.118. The van der Waals surface area contributed by atoms with Gasteiger partial charge in [0.2, 0.25) is 5.91 Å². The van der Waals surface area contributed by atoms with Gasteiger partial charge in [-0.2, -0.15) is 24.1 Å². The van der Waals surface area contributed by atoms with Gasteiger partial charge in [-0.05, 0) is 61.2 Å². The van der Waals surface area contributed by atoms with Crippen molar-refractivity contribution in [3.8, 4) is 16.9 Å². The lowest BCUT2D eigenvalue weighted by Crippen LogP contribution is -2.38. The molecule has 2 heterocycles. The predicted octanol–water partition coefficient (Wildman–Crippen LogP) is 5.11. The molecule has 0 aliphatic carbocycles. The van der Waals surface area contributed by atoms with Crippen LogP contribution in [0.3, 0.4) is 0 Å². The molecule has 0 fully saturated rings. The molecule has 0 spiro atoms. The van der Waals surface area contributed by atoms with Crippen molar-refractivity contribution in [3.63, 3.8) is 0 Å². The first-order valence-corrected chi connectivity index (χ1v) is 17.9. The molecule has 4 aromatic rings. The smallest absolute Gasteiger partial charge is 0.283 e. The maximum absolute atomic E-state index is 13.4. The zero-order valence-corrected chi connectivity index (χ0v) is 27.1. The molecule has 244 valence electrons. The van der Waals surface area contributed by atoms with Crippen LogP contribution in [0.4, 0.5) is 5.69 Å². The molecule has 46 heavy (non-hydrogen) atoms. The number of carbonyl (C=O) groups excluding carboxylic acids is 2. The van der Waals surface area contributed by atoms with Gasteiger partial charge in [-0.25, -0.2) is 0 Å². The summed E-state index contributed by atoms with van der Waals surface area (Å²) in [7, 11) is -7.56. The molecule has 1 aliphatic heterocycles. The number of amides is 2. The Balaban J connectivity index is 1.30. The number of nitrogens with one attached hydrogen (secondary N) is 1. The monoisotopic (exact) mass is 668 g/mol. The number of aryl methyl sites for hydroxylation is 1. The van der Waals surface area contributed by atoms with Crippen LogP contribution in [0.1, 0.15) is 39.9 Å².